The average molecular weight is 506 g/mol. The number of nitrogens with zero attached hydrogens (tertiary/aromatic N) is 2. The standard InChI is InChI=1S/C21H20F6N4O4/c1-9-14(11-4-5-13(20(22,23)24)31-18(11)34-3)15(35-19(9,2)21(25,26)27)17(33)30-10-6-7-29-12(8-10)16(28)32/h4-9,14-15H,1-3H3,(H2,28,32)(H,29,30,33)/t9-,14-,15-,19-/m0/s1. The summed E-state index contributed by atoms with van der Waals surface area (Å²) in [5.41, 5.74) is 0.602. The molecule has 0 radical (unpaired) electrons. The summed E-state index contributed by atoms with van der Waals surface area (Å²) in [5, 5.41) is 2.34. The molecule has 2 aromatic heterocycles. The Hall–Kier alpha value is -3.42. The van der Waals surface area contributed by atoms with Crippen molar-refractivity contribution in [1.29, 1.82) is 0 Å². The van der Waals surface area contributed by atoms with Crippen LogP contribution in [0.5, 0.6) is 5.88 Å². The number of aromatic nitrogens is 2. The van der Waals surface area contributed by atoms with Gasteiger partial charge in [-0.1, -0.05) is 13.0 Å². The highest BCUT2D eigenvalue weighted by molar-refractivity contribution is 5.97. The second-order valence-electron chi connectivity index (χ2n) is 8.03. The van der Waals surface area contributed by atoms with Gasteiger partial charge < -0.3 is 20.5 Å². The van der Waals surface area contributed by atoms with Crippen LogP contribution in [0.2, 0.25) is 0 Å². The molecular weight excluding hydrogens is 486 g/mol. The highest BCUT2D eigenvalue weighted by Crippen LogP contribution is 2.54. The third-order valence-corrected chi connectivity index (χ3v) is 5.94. The summed E-state index contributed by atoms with van der Waals surface area (Å²) in [6, 6.07) is 3.88. The van der Waals surface area contributed by atoms with Crippen molar-refractivity contribution < 1.29 is 45.4 Å². The van der Waals surface area contributed by atoms with Crippen LogP contribution in [0, 0.1) is 5.92 Å². The summed E-state index contributed by atoms with van der Waals surface area (Å²) in [5.74, 6) is -5.38. The van der Waals surface area contributed by atoms with Crippen LogP contribution in [-0.2, 0) is 15.7 Å². The van der Waals surface area contributed by atoms with Crippen LogP contribution in [0.3, 0.4) is 0 Å². The van der Waals surface area contributed by atoms with Crippen molar-refractivity contribution in [3.05, 3.63) is 47.4 Å². The van der Waals surface area contributed by atoms with Crippen LogP contribution < -0.4 is 15.8 Å². The van der Waals surface area contributed by atoms with Crippen molar-refractivity contribution in [2.45, 2.75) is 43.8 Å². The first-order chi connectivity index (χ1) is 16.1. The monoisotopic (exact) mass is 506 g/mol. The van der Waals surface area contributed by atoms with Gasteiger partial charge in [0.2, 0.25) is 5.88 Å². The smallest absolute Gasteiger partial charge is 0.433 e. The maximum atomic E-state index is 14.0. The van der Waals surface area contributed by atoms with Crippen LogP contribution >= 0.6 is 0 Å². The normalized spacial score (nSPS) is 24.8. The van der Waals surface area contributed by atoms with Crippen molar-refractivity contribution in [2.75, 3.05) is 12.4 Å². The molecule has 0 unspecified atom stereocenters. The molecule has 2 amide bonds. The Morgan fingerprint density at radius 2 is 1.83 bits per heavy atom. The molecule has 35 heavy (non-hydrogen) atoms. The van der Waals surface area contributed by atoms with Crippen molar-refractivity contribution >= 4 is 17.5 Å². The summed E-state index contributed by atoms with van der Waals surface area (Å²) >= 11 is 0. The van der Waals surface area contributed by atoms with Gasteiger partial charge in [0.1, 0.15) is 17.5 Å². The van der Waals surface area contributed by atoms with E-state index in [-0.39, 0.29) is 16.9 Å². The highest BCUT2D eigenvalue weighted by atomic mass is 19.4. The van der Waals surface area contributed by atoms with E-state index < -0.39 is 59.3 Å². The Bertz CT molecular complexity index is 1140. The topological polar surface area (TPSA) is 116 Å². The lowest BCUT2D eigenvalue weighted by atomic mass is 9.77. The fourth-order valence-corrected chi connectivity index (χ4v) is 3.91. The van der Waals surface area contributed by atoms with E-state index in [0.717, 1.165) is 32.4 Å². The van der Waals surface area contributed by atoms with Gasteiger partial charge in [0.25, 0.3) is 11.8 Å². The molecule has 1 fully saturated rings. The molecule has 1 aliphatic heterocycles. The number of nitrogens with two attached hydrogens (primary N) is 1. The van der Waals surface area contributed by atoms with E-state index in [9.17, 15) is 35.9 Å². The van der Waals surface area contributed by atoms with Crippen molar-refractivity contribution in [2.24, 2.45) is 11.7 Å². The molecule has 0 aliphatic carbocycles. The molecule has 0 saturated carbocycles. The quantitative estimate of drug-likeness (QED) is 0.598. The largest absolute Gasteiger partial charge is 0.481 e. The Morgan fingerprint density at radius 1 is 1.17 bits per heavy atom. The number of methoxy groups -OCH3 is 1. The molecule has 8 nitrogen and oxygen atoms in total. The predicted molar refractivity (Wildman–Crippen MR) is 108 cm³/mol. The maximum Gasteiger partial charge on any atom is 0.433 e. The minimum Gasteiger partial charge on any atom is -0.481 e. The molecule has 14 heteroatoms. The third-order valence-electron chi connectivity index (χ3n) is 5.94. The SMILES string of the molecule is COc1nc(C(F)(F)F)ccc1[C@H]1[C@@H](C(=O)Nc2ccnc(C(N)=O)c2)O[C@](C)(C(F)(F)F)[C@H]1C. The second-order valence-corrected chi connectivity index (χ2v) is 8.03. The Kier molecular flexibility index (Phi) is 6.72. The first kappa shape index (κ1) is 26.2. The van der Waals surface area contributed by atoms with Gasteiger partial charge in [-0.25, -0.2) is 4.98 Å². The van der Waals surface area contributed by atoms with Crippen LogP contribution in [-0.4, -0.2) is 46.8 Å². The molecule has 0 spiro atoms. The number of halogens is 6. The summed E-state index contributed by atoms with van der Waals surface area (Å²) in [6.45, 7) is 1.92. The Balaban J connectivity index is 2.07. The number of primary amides is 1. The van der Waals surface area contributed by atoms with E-state index in [0.29, 0.717) is 6.07 Å². The van der Waals surface area contributed by atoms with E-state index in [4.69, 9.17) is 15.2 Å². The average Bonchev–Trinajstić information content (AvgIpc) is 3.04. The molecule has 3 rings (SSSR count). The molecule has 3 heterocycles. The van der Waals surface area contributed by atoms with Gasteiger partial charge in [-0.3, -0.25) is 14.6 Å². The zero-order valence-corrected chi connectivity index (χ0v) is 18.5. The van der Waals surface area contributed by atoms with Crippen LogP contribution in [0.1, 0.15) is 41.5 Å². The number of rotatable bonds is 5. The predicted octanol–water partition coefficient (Wildman–Crippen LogP) is 3.68. The number of alkyl halides is 6. The molecule has 1 aliphatic rings. The van der Waals surface area contributed by atoms with Gasteiger partial charge in [0, 0.05) is 29.3 Å². The Labute approximate surface area is 194 Å². The van der Waals surface area contributed by atoms with Crippen LogP contribution in [0.4, 0.5) is 32.0 Å². The summed E-state index contributed by atoms with van der Waals surface area (Å²) in [7, 11) is 1.01. The number of hydrogen-bond donors (Lipinski definition) is 2. The number of pyridine rings is 2. The van der Waals surface area contributed by atoms with E-state index in [1.165, 1.54) is 13.0 Å². The summed E-state index contributed by atoms with van der Waals surface area (Å²) in [4.78, 5) is 31.5. The van der Waals surface area contributed by atoms with E-state index in [2.05, 4.69) is 15.3 Å². The minimum atomic E-state index is -4.93. The first-order valence-corrected chi connectivity index (χ1v) is 10.0. The molecular formula is C21H20F6N4O4. The number of nitrogens with one attached hydrogen (secondary N) is 1. The van der Waals surface area contributed by atoms with Gasteiger partial charge >= 0.3 is 12.4 Å². The number of carbonyl (C=O) groups is 2. The Morgan fingerprint density at radius 3 is 2.37 bits per heavy atom. The van der Waals surface area contributed by atoms with Gasteiger partial charge in [0.15, 0.2) is 5.60 Å². The molecule has 3 N–H and O–H groups in total. The van der Waals surface area contributed by atoms with Gasteiger partial charge in [-0.15, -0.1) is 0 Å². The zero-order chi connectivity index (χ0) is 26.3. The molecule has 4 atom stereocenters. The molecule has 0 bridgehead atoms. The summed E-state index contributed by atoms with van der Waals surface area (Å²) in [6.07, 6.45) is -10.4. The number of anilines is 1. The maximum absolute atomic E-state index is 14.0. The molecule has 1 saturated heterocycles. The lowest BCUT2D eigenvalue weighted by molar-refractivity contribution is -0.272. The van der Waals surface area contributed by atoms with Crippen LogP contribution in [0.15, 0.2) is 30.5 Å². The zero-order valence-electron chi connectivity index (χ0n) is 18.5. The van der Waals surface area contributed by atoms with Crippen molar-refractivity contribution in [3.63, 3.8) is 0 Å². The minimum absolute atomic E-state index is 0.00748. The molecule has 0 aromatic carbocycles. The van der Waals surface area contributed by atoms with Gasteiger partial charge in [-0.2, -0.15) is 26.3 Å². The lowest BCUT2D eigenvalue weighted by Gasteiger charge is -2.31. The van der Waals surface area contributed by atoms with Crippen molar-refractivity contribution in [3.8, 4) is 5.88 Å². The number of hydrogen-bond acceptors (Lipinski definition) is 6. The van der Waals surface area contributed by atoms with E-state index >= 15 is 0 Å². The van der Waals surface area contributed by atoms with E-state index in [1.54, 1.807) is 0 Å². The summed E-state index contributed by atoms with van der Waals surface area (Å²) < 4.78 is 91.5. The number of ether oxygens (including phenoxy) is 2. The third kappa shape index (κ3) is 4.88. The second kappa shape index (κ2) is 8.98. The van der Waals surface area contributed by atoms with Crippen LogP contribution in [0.25, 0.3) is 0 Å². The molecule has 190 valence electrons. The fraction of sp³-hybridized carbons (Fsp3) is 0.429. The van der Waals surface area contributed by atoms with E-state index in [1.807, 2.05) is 0 Å². The van der Waals surface area contributed by atoms with Gasteiger partial charge in [0.05, 0.1) is 7.11 Å². The van der Waals surface area contributed by atoms with Gasteiger partial charge in [-0.05, 0) is 25.1 Å². The van der Waals surface area contributed by atoms with Crippen molar-refractivity contribution in [1.82, 2.24) is 9.97 Å². The molecule has 2 aromatic rings. The lowest BCUT2D eigenvalue weighted by Crippen LogP contribution is -2.47. The number of carbonyl (C=O) groups excluding carboxylic acids is 2. The highest BCUT2D eigenvalue weighted by Gasteiger charge is 2.66. The first-order valence-electron chi connectivity index (χ1n) is 10.0. The number of amides is 2. The fourth-order valence-electron chi connectivity index (χ4n) is 3.91.